The number of fused-ring (bicyclic) bond motifs is 1. The van der Waals surface area contributed by atoms with Crippen LogP contribution in [0.4, 0.5) is 5.82 Å². The third-order valence-corrected chi connectivity index (χ3v) is 4.09. The maximum absolute atomic E-state index is 12.0. The van der Waals surface area contributed by atoms with E-state index in [1.807, 2.05) is 11.8 Å². The molecule has 1 amide bonds. The summed E-state index contributed by atoms with van der Waals surface area (Å²) in [6.07, 6.45) is 3.72. The van der Waals surface area contributed by atoms with Gasteiger partial charge in [-0.05, 0) is 19.4 Å². The molecule has 0 radical (unpaired) electrons. The van der Waals surface area contributed by atoms with Crippen molar-refractivity contribution in [3.8, 4) is 0 Å². The molecule has 1 unspecified atom stereocenters. The molecular formula is C14H17N5O2. The molecule has 0 spiro atoms. The Labute approximate surface area is 121 Å². The Bertz CT molecular complexity index is 756. The second kappa shape index (κ2) is 4.83. The highest BCUT2D eigenvalue weighted by Crippen LogP contribution is 2.34. The number of rotatable bonds is 2. The summed E-state index contributed by atoms with van der Waals surface area (Å²) in [5.74, 6) is 0.683. The first-order valence-electron chi connectivity index (χ1n) is 6.85. The van der Waals surface area contributed by atoms with Gasteiger partial charge in [0.05, 0.1) is 17.1 Å². The first-order chi connectivity index (χ1) is 10.0. The number of amides is 1. The molecule has 0 saturated carbocycles. The SMILES string of the molecule is CNC(=O)C1(C)CCN(c2nccc3c(=O)[nH]cnc23)C1. The zero-order valence-electron chi connectivity index (χ0n) is 12.0. The molecular weight excluding hydrogens is 270 g/mol. The van der Waals surface area contributed by atoms with Gasteiger partial charge >= 0.3 is 0 Å². The third kappa shape index (κ3) is 2.14. The highest BCUT2D eigenvalue weighted by Gasteiger charge is 2.40. The Kier molecular flexibility index (Phi) is 3.12. The molecule has 110 valence electrons. The minimum absolute atomic E-state index is 0.0241. The molecule has 0 aromatic carbocycles. The van der Waals surface area contributed by atoms with Crippen molar-refractivity contribution < 1.29 is 4.79 Å². The van der Waals surface area contributed by atoms with E-state index in [2.05, 4.69) is 20.3 Å². The number of hydrogen-bond donors (Lipinski definition) is 2. The third-order valence-electron chi connectivity index (χ3n) is 4.09. The molecule has 0 bridgehead atoms. The fourth-order valence-corrected chi connectivity index (χ4v) is 2.85. The topological polar surface area (TPSA) is 91.0 Å². The minimum atomic E-state index is -0.445. The van der Waals surface area contributed by atoms with Crippen LogP contribution in [0.3, 0.4) is 0 Å². The minimum Gasteiger partial charge on any atom is -0.359 e. The first kappa shape index (κ1) is 13.5. The van der Waals surface area contributed by atoms with Crippen LogP contribution >= 0.6 is 0 Å². The lowest BCUT2D eigenvalue weighted by Crippen LogP contribution is -2.39. The molecule has 1 aliphatic heterocycles. The second-order valence-electron chi connectivity index (χ2n) is 5.57. The van der Waals surface area contributed by atoms with Crippen LogP contribution in [0.25, 0.3) is 10.9 Å². The molecule has 1 atom stereocenters. The van der Waals surface area contributed by atoms with Gasteiger partial charge in [0.25, 0.3) is 5.56 Å². The van der Waals surface area contributed by atoms with Crippen LogP contribution in [0.1, 0.15) is 13.3 Å². The fraction of sp³-hybridized carbons (Fsp3) is 0.429. The van der Waals surface area contributed by atoms with Gasteiger partial charge in [0, 0.05) is 26.3 Å². The van der Waals surface area contributed by atoms with Gasteiger partial charge < -0.3 is 15.2 Å². The number of carbonyl (C=O) groups excluding carboxylic acids is 1. The molecule has 1 saturated heterocycles. The van der Waals surface area contributed by atoms with Gasteiger partial charge in [-0.3, -0.25) is 9.59 Å². The van der Waals surface area contributed by atoms with E-state index in [0.29, 0.717) is 29.8 Å². The Morgan fingerprint density at radius 1 is 1.48 bits per heavy atom. The predicted octanol–water partition coefficient (Wildman–Crippen LogP) is 0.280. The molecule has 2 aromatic rings. The van der Waals surface area contributed by atoms with Gasteiger partial charge in [0.1, 0.15) is 5.52 Å². The van der Waals surface area contributed by atoms with Gasteiger partial charge in [-0.15, -0.1) is 0 Å². The molecule has 1 fully saturated rings. The van der Waals surface area contributed by atoms with Crippen molar-refractivity contribution in [3.05, 3.63) is 28.9 Å². The summed E-state index contributed by atoms with van der Waals surface area (Å²) < 4.78 is 0. The van der Waals surface area contributed by atoms with Crippen LogP contribution in [0.15, 0.2) is 23.4 Å². The van der Waals surface area contributed by atoms with Crippen molar-refractivity contribution in [1.82, 2.24) is 20.3 Å². The highest BCUT2D eigenvalue weighted by atomic mass is 16.2. The van der Waals surface area contributed by atoms with E-state index in [4.69, 9.17) is 0 Å². The smallest absolute Gasteiger partial charge is 0.258 e. The van der Waals surface area contributed by atoms with Crippen molar-refractivity contribution in [2.75, 3.05) is 25.0 Å². The quantitative estimate of drug-likeness (QED) is 0.828. The Morgan fingerprint density at radius 2 is 2.29 bits per heavy atom. The summed E-state index contributed by atoms with van der Waals surface area (Å²) in [7, 11) is 1.65. The van der Waals surface area contributed by atoms with Crippen LogP contribution in [0.2, 0.25) is 0 Å². The number of pyridine rings is 1. The van der Waals surface area contributed by atoms with Gasteiger partial charge in [0.2, 0.25) is 5.91 Å². The average Bonchev–Trinajstić information content (AvgIpc) is 2.90. The Balaban J connectivity index is 2.02. The van der Waals surface area contributed by atoms with Gasteiger partial charge in [-0.25, -0.2) is 9.97 Å². The maximum Gasteiger partial charge on any atom is 0.258 e. The monoisotopic (exact) mass is 287 g/mol. The molecule has 2 N–H and O–H groups in total. The van der Waals surface area contributed by atoms with Gasteiger partial charge in [-0.2, -0.15) is 0 Å². The number of carbonyl (C=O) groups is 1. The van der Waals surface area contributed by atoms with Gasteiger partial charge in [0.15, 0.2) is 5.82 Å². The first-order valence-corrected chi connectivity index (χ1v) is 6.85. The highest BCUT2D eigenvalue weighted by molar-refractivity contribution is 5.89. The van der Waals surface area contributed by atoms with Gasteiger partial charge in [-0.1, -0.05) is 0 Å². The summed E-state index contributed by atoms with van der Waals surface area (Å²) in [5, 5.41) is 3.22. The number of H-pyrrole nitrogens is 1. The van der Waals surface area contributed by atoms with Crippen LogP contribution in [0, 0.1) is 5.41 Å². The Morgan fingerprint density at radius 3 is 3.05 bits per heavy atom. The van der Waals surface area contributed by atoms with Crippen molar-refractivity contribution in [1.29, 1.82) is 0 Å². The van der Waals surface area contributed by atoms with E-state index in [1.165, 1.54) is 6.33 Å². The number of hydrogen-bond acceptors (Lipinski definition) is 5. The molecule has 7 nitrogen and oxygen atoms in total. The summed E-state index contributed by atoms with van der Waals surface area (Å²) in [5.41, 5.74) is -0.0564. The summed E-state index contributed by atoms with van der Waals surface area (Å²) in [6, 6.07) is 1.65. The molecule has 1 aliphatic rings. The van der Waals surface area contributed by atoms with E-state index in [9.17, 15) is 9.59 Å². The number of nitrogens with one attached hydrogen (secondary N) is 2. The average molecular weight is 287 g/mol. The zero-order valence-corrected chi connectivity index (χ0v) is 12.0. The lowest BCUT2D eigenvalue weighted by molar-refractivity contribution is -0.128. The molecule has 21 heavy (non-hydrogen) atoms. The Hall–Kier alpha value is -2.44. The number of aromatic amines is 1. The molecule has 2 aromatic heterocycles. The lowest BCUT2D eigenvalue weighted by Gasteiger charge is -2.23. The molecule has 3 rings (SSSR count). The van der Waals surface area contributed by atoms with Crippen LogP contribution in [-0.2, 0) is 4.79 Å². The summed E-state index contributed by atoms with van der Waals surface area (Å²) in [4.78, 5) is 37.0. The van der Waals surface area contributed by atoms with E-state index >= 15 is 0 Å². The number of aromatic nitrogens is 3. The van der Waals surface area contributed by atoms with Crippen molar-refractivity contribution >= 4 is 22.6 Å². The van der Waals surface area contributed by atoms with Crippen LogP contribution < -0.4 is 15.8 Å². The van der Waals surface area contributed by atoms with Crippen molar-refractivity contribution in [2.24, 2.45) is 5.41 Å². The van der Waals surface area contributed by atoms with E-state index in [0.717, 1.165) is 6.42 Å². The molecule has 7 heteroatoms. The predicted molar refractivity (Wildman–Crippen MR) is 79.2 cm³/mol. The summed E-state index contributed by atoms with van der Waals surface area (Å²) >= 11 is 0. The number of anilines is 1. The van der Waals surface area contributed by atoms with Crippen LogP contribution in [-0.4, -0.2) is 41.0 Å². The van der Waals surface area contributed by atoms with E-state index < -0.39 is 5.41 Å². The normalized spacial score (nSPS) is 21.7. The zero-order chi connectivity index (χ0) is 15.0. The molecule has 3 heterocycles. The maximum atomic E-state index is 12.0. The lowest BCUT2D eigenvalue weighted by atomic mass is 9.89. The second-order valence-corrected chi connectivity index (χ2v) is 5.57. The van der Waals surface area contributed by atoms with Crippen molar-refractivity contribution in [3.63, 3.8) is 0 Å². The van der Waals surface area contributed by atoms with E-state index in [-0.39, 0.29) is 11.5 Å². The summed E-state index contributed by atoms with van der Waals surface area (Å²) in [6.45, 7) is 3.22. The van der Waals surface area contributed by atoms with Crippen LogP contribution in [0.5, 0.6) is 0 Å². The van der Waals surface area contributed by atoms with E-state index in [1.54, 1.807) is 19.3 Å². The fourth-order valence-electron chi connectivity index (χ4n) is 2.85. The molecule has 0 aliphatic carbocycles. The number of nitrogens with zero attached hydrogens (tertiary/aromatic N) is 3. The largest absolute Gasteiger partial charge is 0.359 e. The van der Waals surface area contributed by atoms with Crippen molar-refractivity contribution in [2.45, 2.75) is 13.3 Å². The standard InChI is InChI=1S/C14H17N5O2/c1-14(13(21)15-2)4-6-19(7-14)11-10-9(3-5-16-11)12(20)18-8-17-10/h3,5,8H,4,6-7H2,1-2H3,(H,15,21)(H,17,18,20).